The second-order valence-electron chi connectivity index (χ2n) is 7.50. The normalized spacial score (nSPS) is 17.0. The lowest BCUT2D eigenvalue weighted by Gasteiger charge is -2.38. The van der Waals surface area contributed by atoms with Crippen LogP contribution in [-0.4, -0.2) is 55.1 Å². The number of hydrogen-bond acceptors (Lipinski definition) is 4. The van der Waals surface area contributed by atoms with Crippen molar-refractivity contribution < 1.29 is 18.0 Å². The minimum Gasteiger partial charge on any atom is -0.347 e. The van der Waals surface area contributed by atoms with Crippen molar-refractivity contribution in [2.75, 3.05) is 19.6 Å². The van der Waals surface area contributed by atoms with E-state index >= 15 is 0 Å². The highest BCUT2D eigenvalue weighted by Gasteiger charge is 2.37. The fourth-order valence-corrected chi connectivity index (χ4v) is 5.29. The molecule has 2 aromatic carbocycles. The Balaban J connectivity index is 1.41. The van der Waals surface area contributed by atoms with Gasteiger partial charge in [-0.2, -0.15) is 4.31 Å². The van der Waals surface area contributed by atoms with Gasteiger partial charge < -0.3 is 10.2 Å². The van der Waals surface area contributed by atoms with Crippen molar-refractivity contribution in [3.8, 4) is 0 Å². The fraction of sp³-hybridized carbons (Fsp3) is 0.273. The molecule has 2 amide bonds. The van der Waals surface area contributed by atoms with E-state index < -0.39 is 10.0 Å². The summed E-state index contributed by atoms with van der Waals surface area (Å²) in [6, 6.07) is 13.9. The van der Waals surface area contributed by atoms with Crippen LogP contribution in [0.25, 0.3) is 0 Å². The Hall–Kier alpha value is -2.97. The van der Waals surface area contributed by atoms with Crippen LogP contribution in [0, 0.1) is 0 Å². The standard InChI is InChI=1S/C22H23N3O4S/c1-2-21(26)23-19-14-25(15-19)30(28,29)20-9-7-17(8-10-20)22(27)24-12-11-16-5-3-4-6-18(16)13-24/h2-10,19H,1,11-15H2,(H,23,26). The molecular weight excluding hydrogens is 402 g/mol. The van der Waals surface area contributed by atoms with E-state index in [0.29, 0.717) is 18.7 Å². The SMILES string of the molecule is C=CC(=O)NC1CN(S(=O)(=O)c2ccc(C(=O)N3CCc4ccccc4C3)cc2)C1. The van der Waals surface area contributed by atoms with Crippen LogP contribution >= 0.6 is 0 Å². The molecule has 2 aromatic rings. The highest BCUT2D eigenvalue weighted by molar-refractivity contribution is 7.89. The monoisotopic (exact) mass is 425 g/mol. The minimum atomic E-state index is -3.65. The lowest BCUT2D eigenvalue weighted by atomic mass is 9.99. The maximum Gasteiger partial charge on any atom is 0.254 e. The van der Waals surface area contributed by atoms with Crippen molar-refractivity contribution >= 4 is 21.8 Å². The van der Waals surface area contributed by atoms with Crippen LogP contribution in [-0.2, 0) is 27.8 Å². The fourth-order valence-electron chi connectivity index (χ4n) is 3.76. The number of carbonyl (C=O) groups is 2. The Kier molecular flexibility index (Phi) is 5.44. The summed E-state index contributed by atoms with van der Waals surface area (Å²) in [5.41, 5.74) is 2.88. The third-order valence-electron chi connectivity index (χ3n) is 5.54. The molecule has 0 aromatic heterocycles. The number of benzene rings is 2. The summed E-state index contributed by atoms with van der Waals surface area (Å²) in [5, 5.41) is 2.67. The molecule has 0 atom stereocenters. The molecule has 0 aliphatic carbocycles. The van der Waals surface area contributed by atoms with E-state index in [-0.39, 0.29) is 35.8 Å². The Morgan fingerprint density at radius 3 is 2.37 bits per heavy atom. The minimum absolute atomic E-state index is 0.107. The van der Waals surface area contributed by atoms with Crippen LogP contribution in [0.15, 0.2) is 66.1 Å². The number of sulfonamides is 1. The number of carbonyl (C=O) groups excluding carboxylic acids is 2. The summed E-state index contributed by atoms with van der Waals surface area (Å²) in [5.74, 6) is -0.426. The molecule has 0 radical (unpaired) electrons. The number of nitrogens with one attached hydrogen (secondary N) is 1. The Labute approximate surface area is 176 Å². The topological polar surface area (TPSA) is 86.8 Å². The van der Waals surface area contributed by atoms with Crippen LogP contribution in [0.5, 0.6) is 0 Å². The summed E-state index contributed by atoms with van der Waals surface area (Å²) in [6.07, 6.45) is 1.97. The van der Waals surface area contributed by atoms with Crippen molar-refractivity contribution in [2.45, 2.75) is 23.9 Å². The first-order valence-electron chi connectivity index (χ1n) is 9.77. The number of fused-ring (bicyclic) bond motifs is 1. The second kappa shape index (κ2) is 8.04. The molecule has 0 spiro atoms. The Bertz CT molecular complexity index is 1090. The maximum atomic E-state index is 12.9. The van der Waals surface area contributed by atoms with E-state index in [1.807, 2.05) is 18.2 Å². The molecule has 2 heterocycles. The van der Waals surface area contributed by atoms with Crippen molar-refractivity contribution in [3.63, 3.8) is 0 Å². The molecule has 2 aliphatic heterocycles. The average molecular weight is 426 g/mol. The number of rotatable bonds is 5. The molecule has 1 saturated heterocycles. The van der Waals surface area contributed by atoms with Gasteiger partial charge in [0.25, 0.3) is 5.91 Å². The number of amides is 2. The molecule has 0 saturated carbocycles. The molecule has 7 nitrogen and oxygen atoms in total. The lowest BCUT2D eigenvalue weighted by molar-refractivity contribution is -0.117. The molecule has 156 valence electrons. The first-order chi connectivity index (χ1) is 14.4. The van der Waals surface area contributed by atoms with E-state index in [1.54, 1.807) is 17.0 Å². The van der Waals surface area contributed by atoms with Gasteiger partial charge in [0.2, 0.25) is 15.9 Å². The van der Waals surface area contributed by atoms with Gasteiger partial charge in [0.05, 0.1) is 10.9 Å². The van der Waals surface area contributed by atoms with E-state index in [2.05, 4.69) is 18.0 Å². The molecule has 0 unspecified atom stereocenters. The van der Waals surface area contributed by atoms with Crippen molar-refractivity contribution in [1.82, 2.24) is 14.5 Å². The van der Waals surface area contributed by atoms with Gasteiger partial charge in [-0.3, -0.25) is 9.59 Å². The van der Waals surface area contributed by atoms with Gasteiger partial charge in [-0.25, -0.2) is 8.42 Å². The average Bonchev–Trinajstić information content (AvgIpc) is 2.74. The third-order valence-corrected chi connectivity index (χ3v) is 7.38. The predicted molar refractivity (Wildman–Crippen MR) is 112 cm³/mol. The quantitative estimate of drug-likeness (QED) is 0.737. The van der Waals surface area contributed by atoms with Crippen LogP contribution in [0.1, 0.15) is 21.5 Å². The molecular formula is C22H23N3O4S. The van der Waals surface area contributed by atoms with Crippen LogP contribution < -0.4 is 5.32 Å². The van der Waals surface area contributed by atoms with Gasteiger partial charge in [-0.1, -0.05) is 30.8 Å². The maximum absolute atomic E-state index is 12.9. The highest BCUT2D eigenvalue weighted by atomic mass is 32.2. The molecule has 1 fully saturated rings. The molecule has 1 N–H and O–H groups in total. The zero-order chi connectivity index (χ0) is 21.3. The van der Waals surface area contributed by atoms with Gasteiger partial charge in [-0.05, 0) is 47.9 Å². The molecule has 0 bridgehead atoms. The van der Waals surface area contributed by atoms with Crippen LogP contribution in [0.3, 0.4) is 0 Å². The largest absolute Gasteiger partial charge is 0.347 e. The molecule has 30 heavy (non-hydrogen) atoms. The number of nitrogens with zero attached hydrogens (tertiary/aromatic N) is 2. The highest BCUT2D eigenvalue weighted by Crippen LogP contribution is 2.24. The second-order valence-corrected chi connectivity index (χ2v) is 9.44. The summed E-state index contributed by atoms with van der Waals surface area (Å²) < 4.78 is 26.8. The van der Waals surface area contributed by atoms with Crippen LogP contribution in [0.4, 0.5) is 0 Å². The van der Waals surface area contributed by atoms with Gasteiger partial charge in [-0.15, -0.1) is 0 Å². The predicted octanol–water partition coefficient (Wildman–Crippen LogP) is 1.56. The first-order valence-corrected chi connectivity index (χ1v) is 11.2. The van der Waals surface area contributed by atoms with E-state index in [4.69, 9.17) is 0 Å². The van der Waals surface area contributed by atoms with E-state index in [9.17, 15) is 18.0 Å². The van der Waals surface area contributed by atoms with Gasteiger partial charge in [0, 0.05) is 31.7 Å². The zero-order valence-electron chi connectivity index (χ0n) is 16.5. The molecule has 8 heteroatoms. The lowest BCUT2D eigenvalue weighted by Crippen LogP contribution is -2.60. The third kappa shape index (κ3) is 3.88. The zero-order valence-corrected chi connectivity index (χ0v) is 17.3. The van der Waals surface area contributed by atoms with Crippen molar-refractivity contribution in [1.29, 1.82) is 0 Å². The Morgan fingerprint density at radius 2 is 1.70 bits per heavy atom. The summed E-state index contributed by atoms with van der Waals surface area (Å²) in [6.45, 7) is 5.01. The molecule has 2 aliphatic rings. The van der Waals surface area contributed by atoms with Crippen molar-refractivity contribution in [3.05, 3.63) is 77.9 Å². The summed E-state index contributed by atoms with van der Waals surface area (Å²) >= 11 is 0. The van der Waals surface area contributed by atoms with Crippen LogP contribution in [0.2, 0.25) is 0 Å². The summed E-state index contributed by atoms with van der Waals surface area (Å²) in [7, 11) is -3.65. The van der Waals surface area contributed by atoms with Gasteiger partial charge in [0.15, 0.2) is 0 Å². The van der Waals surface area contributed by atoms with E-state index in [1.165, 1.54) is 22.0 Å². The first kappa shape index (κ1) is 20.3. The summed E-state index contributed by atoms with van der Waals surface area (Å²) in [4.78, 5) is 26.1. The van der Waals surface area contributed by atoms with Gasteiger partial charge >= 0.3 is 0 Å². The van der Waals surface area contributed by atoms with E-state index in [0.717, 1.165) is 18.1 Å². The number of hydrogen-bond donors (Lipinski definition) is 1. The van der Waals surface area contributed by atoms with Gasteiger partial charge in [0.1, 0.15) is 0 Å². The smallest absolute Gasteiger partial charge is 0.254 e. The Morgan fingerprint density at radius 1 is 1.03 bits per heavy atom. The van der Waals surface area contributed by atoms with Crippen molar-refractivity contribution in [2.24, 2.45) is 0 Å². The molecule has 4 rings (SSSR count).